The summed E-state index contributed by atoms with van der Waals surface area (Å²) in [6, 6.07) is 0.408. The smallest absolute Gasteiger partial charge is 0.220 e. The van der Waals surface area contributed by atoms with E-state index in [0.29, 0.717) is 25.9 Å². The Kier molecular flexibility index (Phi) is 48.8. The molecule has 1 fully saturated rings. The summed E-state index contributed by atoms with van der Waals surface area (Å²) in [6.45, 7) is 13.5. The van der Waals surface area contributed by atoms with Gasteiger partial charge in [-0.15, -0.1) is 0 Å². The van der Waals surface area contributed by atoms with Crippen LogP contribution in [0.4, 0.5) is 0 Å². The van der Waals surface area contributed by atoms with Gasteiger partial charge in [-0.25, -0.2) is 0 Å². The summed E-state index contributed by atoms with van der Waals surface area (Å²) in [5.41, 5.74) is 0. The predicted octanol–water partition coefficient (Wildman–Crippen LogP) is 16.7. The highest BCUT2D eigenvalue weighted by molar-refractivity contribution is 5.76. The molecule has 8 heteroatoms. The number of rotatable bonds is 49. The number of unbranched alkanes of at least 4 members (excludes halogenated alkanes) is 32. The minimum Gasteiger partial charge on any atom is -0.394 e. The molecule has 0 aromatic rings. The second kappa shape index (κ2) is 49.7. The molecule has 1 aliphatic rings. The number of carbonyl (C=O) groups excluding carboxylic acids is 2. The van der Waals surface area contributed by atoms with Gasteiger partial charge in [-0.3, -0.25) is 9.59 Å². The van der Waals surface area contributed by atoms with Crippen molar-refractivity contribution in [2.75, 3.05) is 13.2 Å². The topological polar surface area (TPSA) is 117 Å². The van der Waals surface area contributed by atoms with E-state index < -0.39 is 11.9 Å². The van der Waals surface area contributed by atoms with Crippen molar-refractivity contribution >= 4 is 11.8 Å². The van der Waals surface area contributed by atoms with E-state index in [4.69, 9.17) is 14.6 Å². The third kappa shape index (κ3) is 46.9. The van der Waals surface area contributed by atoms with Gasteiger partial charge in [0.05, 0.1) is 25.4 Å². The summed E-state index contributed by atoms with van der Waals surface area (Å²) >= 11 is 0. The molecule has 8 nitrogen and oxygen atoms in total. The van der Waals surface area contributed by atoms with Gasteiger partial charge in [0.1, 0.15) is 0 Å². The van der Waals surface area contributed by atoms with Crippen molar-refractivity contribution in [3.05, 3.63) is 0 Å². The molecule has 400 valence electrons. The van der Waals surface area contributed by atoms with Crippen LogP contribution in [0.1, 0.15) is 324 Å². The Morgan fingerprint density at radius 2 is 0.776 bits per heavy atom. The molecule has 1 heterocycles. The zero-order chi connectivity index (χ0) is 49.3. The van der Waals surface area contributed by atoms with Crippen LogP contribution in [0, 0.1) is 0 Å². The second-order valence-electron chi connectivity index (χ2n) is 21.4. The number of hydrogen-bond donors (Lipinski definition) is 4. The minimum atomic E-state index is -0.671. The van der Waals surface area contributed by atoms with E-state index in [-0.39, 0.29) is 36.6 Å². The van der Waals surface area contributed by atoms with Crippen LogP contribution in [0.2, 0.25) is 0 Å². The molecule has 1 aliphatic heterocycles. The molecular formula is C59H118N2O6. The first kappa shape index (κ1) is 65.8. The van der Waals surface area contributed by atoms with Gasteiger partial charge in [-0.2, -0.15) is 0 Å². The van der Waals surface area contributed by atoms with Gasteiger partial charge < -0.3 is 30.3 Å². The summed E-state index contributed by atoms with van der Waals surface area (Å²) < 4.78 is 11.7. The number of aliphatic hydroxyl groups is 2. The molecule has 1 rings (SSSR count). The fraction of sp³-hybridized carbons (Fsp3) is 0.966. The molecule has 4 atom stereocenters. The van der Waals surface area contributed by atoms with Gasteiger partial charge in [0, 0.05) is 24.9 Å². The molecule has 0 spiro atoms. The lowest BCUT2D eigenvalue weighted by atomic mass is 10.00. The van der Waals surface area contributed by atoms with E-state index in [0.717, 1.165) is 57.8 Å². The standard InChI is InChI=1S/C31H61NO3.C28H57NO3/c1-5-7-9-11-13-14-15-16-18-20-22-24-30(33)32-28(23-21-19-17-12-10-8-6-2)25-26-29-27-34-31(3,4)35-29;1-3-5-7-9-11-12-13-14-16-18-20-22-28(32)29-26(23-24-27(31)25-30)21-19-17-15-10-8-6-4-2/h28-29H,5-27H2,1-4H3,(H,32,33);26-27,30-31H,3-25H2,1-2H3,(H,29,32)/t28?,29-;26?,27-/m00/s1. The third-order valence-corrected chi connectivity index (χ3v) is 14.0. The van der Waals surface area contributed by atoms with E-state index in [9.17, 15) is 14.7 Å². The number of amides is 2. The van der Waals surface area contributed by atoms with Gasteiger partial charge in [-0.05, 0) is 65.2 Å². The van der Waals surface area contributed by atoms with E-state index in [1.807, 2.05) is 13.8 Å². The lowest BCUT2D eigenvalue weighted by Crippen LogP contribution is -2.35. The molecule has 0 aliphatic carbocycles. The average Bonchev–Trinajstić information content (AvgIpc) is 3.67. The molecule has 2 amide bonds. The Balaban J connectivity index is 0.00000131. The molecule has 0 radical (unpaired) electrons. The Morgan fingerprint density at radius 3 is 1.09 bits per heavy atom. The first-order chi connectivity index (χ1) is 32.6. The van der Waals surface area contributed by atoms with E-state index in [1.165, 1.54) is 205 Å². The van der Waals surface area contributed by atoms with Crippen LogP contribution in [-0.4, -0.2) is 65.3 Å². The van der Waals surface area contributed by atoms with Crippen LogP contribution in [-0.2, 0) is 19.1 Å². The van der Waals surface area contributed by atoms with Crippen LogP contribution in [0.25, 0.3) is 0 Å². The highest BCUT2D eigenvalue weighted by atomic mass is 16.7. The lowest BCUT2D eigenvalue weighted by molar-refractivity contribution is -0.139. The van der Waals surface area contributed by atoms with Gasteiger partial charge in [0.25, 0.3) is 0 Å². The molecule has 0 aromatic heterocycles. The summed E-state index contributed by atoms with van der Waals surface area (Å²) in [6.07, 6.45) is 52.9. The summed E-state index contributed by atoms with van der Waals surface area (Å²) in [5, 5.41) is 25.3. The quantitative estimate of drug-likeness (QED) is 0.0451. The SMILES string of the molecule is CCCCCCCCCCCCCC(=O)NC(CCCCCCCCC)CC[C@H](O)CO.CCCCCCCCCCCCCC(=O)NC(CCCCCCCCC)CC[C@H]1COC(C)(C)O1. The van der Waals surface area contributed by atoms with Crippen LogP contribution >= 0.6 is 0 Å². The van der Waals surface area contributed by atoms with E-state index >= 15 is 0 Å². The number of hydrogen-bond acceptors (Lipinski definition) is 6. The number of nitrogens with one attached hydrogen (secondary N) is 2. The number of carbonyl (C=O) groups is 2. The molecule has 67 heavy (non-hydrogen) atoms. The Morgan fingerprint density at radius 1 is 0.463 bits per heavy atom. The van der Waals surface area contributed by atoms with Crippen LogP contribution in [0.15, 0.2) is 0 Å². The monoisotopic (exact) mass is 951 g/mol. The Hall–Kier alpha value is -1.22. The number of aliphatic hydroxyl groups excluding tert-OH is 2. The highest BCUT2D eigenvalue weighted by Gasteiger charge is 2.32. The summed E-state index contributed by atoms with van der Waals surface area (Å²) in [4.78, 5) is 25.1. The summed E-state index contributed by atoms with van der Waals surface area (Å²) in [7, 11) is 0. The predicted molar refractivity (Wildman–Crippen MR) is 288 cm³/mol. The largest absolute Gasteiger partial charge is 0.394 e. The number of ether oxygens (including phenoxy) is 2. The maximum Gasteiger partial charge on any atom is 0.220 e. The van der Waals surface area contributed by atoms with Crippen molar-refractivity contribution in [3.63, 3.8) is 0 Å². The second-order valence-corrected chi connectivity index (χ2v) is 21.4. The molecule has 4 N–H and O–H groups in total. The molecule has 0 bridgehead atoms. The lowest BCUT2D eigenvalue weighted by Gasteiger charge is -2.21. The first-order valence-electron chi connectivity index (χ1n) is 29.8. The van der Waals surface area contributed by atoms with Gasteiger partial charge >= 0.3 is 0 Å². The molecule has 0 saturated carbocycles. The molecular weight excluding hydrogens is 833 g/mol. The summed E-state index contributed by atoms with van der Waals surface area (Å²) in [5.74, 6) is -0.0538. The van der Waals surface area contributed by atoms with Crippen molar-refractivity contribution in [1.82, 2.24) is 10.6 Å². The molecule has 2 unspecified atom stereocenters. The van der Waals surface area contributed by atoms with Gasteiger partial charge in [0.15, 0.2) is 5.79 Å². The van der Waals surface area contributed by atoms with E-state index in [1.54, 1.807) is 0 Å². The van der Waals surface area contributed by atoms with Crippen molar-refractivity contribution in [1.29, 1.82) is 0 Å². The van der Waals surface area contributed by atoms with Crippen LogP contribution < -0.4 is 10.6 Å². The fourth-order valence-corrected chi connectivity index (χ4v) is 9.55. The third-order valence-electron chi connectivity index (χ3n) is 14.0. The van der Waals surface area contributed by atoms with Crippen molar-refractivity contribution < 1.29 is 29.3 Å². The highest BCUT2D eigenvalue weighted by Crippen LogP contribution is 2.26. The van der Waals surface area contributed by atoms with Crippen molar-refractivity contribution in [3.8, 4) is 0 Å². The van der Waals surface area contributed by atoms with Gasteiger partial charge in [0.2, 0.25) is 11.8 Å². The molecule has 0 aromatic carbocycles. The zero-order valence-electron chi connectivity index (χ0n) is 45.9. The fourth-order valence-electron chi connectivity index (χ4n) is 9.55. The normalized spacial score (nSPS) is 15.8. The van der Waals surface area contributed by atoms with Crippen molar-refractivity contribution in [2.24, 2.45) is 0 Å². The maximum atomic E-state index is 12.7. The van der Waals surface area contributed by atoms with Crippen molar-refractivity contribution in [2.45, 2.75) is 354 Å². The minimum absolute atomic E-state index is 0.132. The Bertz CT molecular complexity index is 1040. The van der Waals surface area contributed by atoms with E-state index in [2.05, 4.69) is 38.3 Å². The molecule has 1 saturated heterocycles. The Labute approximate surface area is 417 Å². The maximum absolute atomic E-state index is 12.7. The zero-order valence-corrected chi connectivity index (χ0v) is 45.9. The van der Waals surface area contributed by atoms with Crippen LogP contribution in [0.5, 0.6) is 0 Å². The van der Waals surface area contributed by atoms with Crippen LogP contribution in [0.3, 0.4) is 0 Å². The van der Waals surface area contributed by atoms with Gasteiger partial charge in [-0.1, -0.05) is 246 Å². The first-order valence-corrected chi connectivity index (χ1v) is 29.8. The average molecular weight is 952 g/mol.